The third-order valence-electron chi connectivity index (χ3n) is 2.06. The number of nitrogens with one attached hydrogen (secondary N) is 1. The number of aldehydes is 1. The zero-order valence-corrected chi connectivity index (χ0v) is 8.17. The van der Waals surface area contributed by atoms with Crippen molar-refractivity contribution >= 4 is 25.0 Å². The number of carbonyl (C=O) groups excluding carboxylic acids is 1. The van der Waals surface area contributed by atoms with Crippen molar-refractivity contribution in [2.45, 2.75) is 12.8 Å². The zero-order chi connectivity index (χ0) is 8.81. The van der Waals surface area contributed by atoms with Gasteiger partial charge in [-0.3, -0.25) is 0 Å². The highest BCUT2D eigenvalue weighted by atomic mass is 35.5. The molecule has 76 valence electrons. The minimum Gasteiger partial charge on any atom is -0.361 e. The van der Waals surface area contributed by atoms with Crippen molar-refractivity contribution in [1.29, 1.82) is 0 Å². The van der Waals surface area contributed by atoms with Gasteiger partial charge in [0.2, 0.25) is 0 Å². The van der Waals surface area contributed by atoms with Crippen LogP contribution in [0.15, 0.2) is 5.10 Å². The van der Waals surface area contributed by atoms with Gasteiger partial charge in [-0.15, -0.1) is 12.4 Å². The number of halogens is 1. The molecular weight excluding hydrogens is 192 g/mol. The van der Waals surface area contributed by atoms with E-state index in [2.05, 4.69) is 10.6 Å². The van der Waals surface area contributed by atoms with Crippen LogP contribution in [0, 0.1) is 5.92 Å². The Bertz CT molecular complexity index is 168. The molecule has 0 unspecified atom stereocenters. The van der Waals surface area contributed by atoms with E-state index < -0.39 is 0 Å². The van der Waals surface area contributed by atoms with E-state index in [0.29, 0.717) is 0 Å². The summed E-state index contributed by atoms with van der Waals surface area (Å²) in [5.74, 6) is 5.20. The van der Waals surface area contributed by atoms with Crippen LogP contribution in [-0.4, -0.2) is 30.6 Å². The maximum absolute atomic E-state index is 10.4. The van der Waals surface area contributed by atoms with Crippen LogP contribution >= 0.6 is 12.4 Å². The van der Waals surface area contributed by atoms with Gasteiger partial charge in [0.15, 0.2) is 0 Å². The second-order valence-electron chi connectivity index (χ2n) is 2.88. The minimum atomic E-state index is 0. The Morgan fingerprint density at radius 1 is 1.46 bits per heavy atom. The molecule has 0 radical (unpaired) electrons. The van der Waals surface area contributed by atoms with Crippen LogP contribution in [0.25, 0.3) is 0 Å². The number of carbonyl (C=O) groups is 1. The van der Waals surface area contributed by atoms with E-state index in [9.17, 15) is 4.79 Å². The molecule has 0 saturated carbocycles. The molecule has 0 aromatic heterocycles. The highest BCUT2D eigenvalue weighted by molar-refractivity contribution is 5.85. The quantitative estimate of drug-likeness (QED) is 0.219. The normalized spacial score (nSPS) is 18.4. The molecule has 1 fully saturated rings. The second-order valence-corrected chi connectivity index (χ2v) is 2.88. The van der Waals surface area contributed by atoms with Gasteiger partial charge < -0.3 is 9.69 Å². The fraction of sp³-hybridized carbons (Fsp3) is 0.714. The third-order valence-corrected chi connectivity index (χ3v) is 2.06. The second kappa shape index (κ2) is 6.68. The number of nitrogens with zero attached hydrogens (tertiary/aromatic N) is 2. The van der Waals surface area contributed by atoms with Crippen LogP contribution in [0.5, 0.6) is 0 Å². The molecule has 1 rings (SSSR count). The number of hydrogen-bond donors (Lipinski definition) is 2. The van der Waals surface area contributed by atoms with Crippen LogP contribution in [-0.2, 0) is 4.79 Å². The molecule has 0 atom stereocenters. The lowest BCUT2D eigenvalue weighted by Gasteiger charge is -2.27. The average molecular weight is 207 g/mol. The topological polar surface area (TPSA) is 70.7 Å². The van der Waals surface area contributed by atoms with Crippen molar-refractivity contribution in [3.63, 3.8) is 0 Å². The number of hydrazine groups is 1. The van der Waals surface area contributed by atoms with Crippen molar-refractivity contribution in [2.75, 3.05) is 13.1 Å². The zero-order valence-electron chi connectivity index (χ0n) is 7.35. The standard InChI is InChI=1S/C7H14N4O.ClH/c8-10-9-6-11-3-1-7(5-12)2-4-11;/h5-7,10H,1-4,8H2;1H. The SMILES string of the molecule is Cl.NNN=CN1CCC(C=O)CC1. The maximum atomic E-state index is 10.4. The Hall–Kier alpha value is -0.810. The van der Waals surface area contributed by atoms with Crippen molar-refractivity contribution in [3.8, 4) is 0 Å². The maximum Gasteiger partial charge on any atom is 0.123 e. The lowest BCUT2D eigenvalue weighted by atomic mass is 9.99. The number of rotatable bonds is 3. The van der Waals surface area contributed by atoms with E-state index in [1.54, 1.807) is 6.34 Å². The molecular formula is C7H15ClN4O. The predicted octanol–water partition coefficient (Wildman–Crippen LogP) is -0.274. The van der Waals surface area contributed by atoms with Gasteiger partial charge in [0.1, 0.15) is 12.6 Å². The van der Waals surface area contributed by atoms with E-state index in [1.165, 1.54) is 0 Å². The Labute approximate surface area is 83.7 Å². The number of nitrogens with two attached hydrogens (primary N) is 1. The van der Waals surface area contributed by atoms with E-state index in [0.717, 1.165) is 32.2 Å². The van der Waals surface area contributed by atoms with Crippen molar-refractivity contribution in [3.05, 3.63) is 0 Å². The van der Waals surface area contributed by atoms with Gasteiger partial charge in [-0.2, -0.15) is 5.10 Å². The molecule has 3 N–H and O–H groups in total. The summed E-state index contributed by atoms with van der Waals surface area (Å²) in [5, 5.41) is 3.69. The van der Waals surface area contributed by atoms with Crippen molar-refractivity contribution < 1.29 is 4.79 Å². The molecule has 6 heteroatoms. The molecule has 0 amide bonds. The molecule has 0 bridgehead atoms. The fourth-order valence-electron chi connectivity index (χ4n) is 1.29. The Morgan fingerprint density at radius 3 is 2.54 bits per heavy atom. The van der Waals surface area contributed by atoms with Gasteiger partial charge in [0.25, 0.3) is 0 Å². The largest absolute Gasteiger partial charge is 0.361 e. The monoisotopic (exact) mass is 206 g/mol. The predicted molar refractivity (Wildman–Crippen MR) is 53.4 cm³/mol. The van der Waals surface area contributed by atoms with Crippen LogP contribution in [0.1, 0.15) is 12.8 Å². The van der Waals surface area contributed by atoms with Crippen LogP contribution in [0.3, 0.4) is 0 Å². The molecule has 5 nitrogen and oxygen atoms in total. The smallest absolute Gasteiger partial charge is 0.123 e. The molecule has 1 saturated heterocycles. The molecule has 0 aromatic rings. The molecule has 0 aromatic carbocycles. The van der Waals surface area contributed by atoms with E-state index in [-0.39, 0.29) is 18.3 Å². The van der Waals surface area contributed by atoms with Crippen LogP contribution in [0.2, 0.25) is 0 Å². The summed E-state index contributed by atoms with van der Waals surface area (Å²) >= 11 is 0. The number of hydrogen-bond acceptors (Lipinski definition) is 4. The first-order chi connectivity index (χ1) is 5.86. The summed E-state index contributed by atoms with van der Waals surface area (Å²) in [7, 11) is 0. The summed E-state index contributed by atoms with van der Waals surface area (Å²) in [6.07, 6.45) is 4.54. The lowest BCUT2D eigenvalue weighted by molar-refractivity contribution is -0.112. The first kappa shape index (κ1) is 12.2. The molecule has 1 heterocycles. The molecule has 13 heavy (non-hydrogen) atoms. The summed E-state index contributed by atoms with van der Waals surface area (Å²) < 4.78 is 0. The highest BCUT2D eigenvalue weighted by Gasteiger charge is 2.15. The van der Waals surface area contributed by atoms with Crippen LogP contribution in [0.4, 0.5) is 0 Å². The molecule has 1 aliphatic heterocycles. The van der Waals surface area contributed by atoms with E-state index in [4.69, 9.17) is 5.84 Å². The average Bonchev–Trinajstić information content (AvgIpc) is 2.15. The summed E-state index contributed by atoms with van der Waals surface area (Å²) in [5.41, 5.74) is 2.20. The molecule has 1 aliphatic rings. The Balaban J connectivity index is 0.00000144. The third kappa shape index (κ3) is 4.10. The van der Waals surface area contributed by atoms with Crippen LogP contribution < -0.4 is 11.4 Å². The summed E-state index contributed by atoms with van der Waals surface area (Å²) in [6.45, 7) is 1.77. The highest BCUT2D eigenvalue weighted by Crippen LogP contribution is 2.12. The van der Waals surface area contributed by atoms with Gasteiger partial charge in [-0.1, -0.05) is 0 Å². The Kier molecular flexibility index (Phi) is 6.26. The number of piperidine rings is 1. The minimum absolute atomic E-state index is 0. The van der Waals surface area contributed by atoms with Gasteiger partial charge in [0.05, 0.1) is 0 Å². The van der Waals surface area contributed by atoms with Crippen molar-refractivity contribution in [2.24, 2.45) is 16.9 Å². The molecule has 0 aliphatic carbocycles. The first-order valence-corrected chi connectivity index (χ1v) is 4.05. The fourth-order valence-corrected chi connectivity index (χ4v) is 1.29. The van der Waals surface area contributed by atoms with E-state index >= 15 is 0 Å². The number of hydrazone groups is 1. The summed E-state index contributed by atoms with van der Waals surface area (Å²) in [6, 6.07) is 0. The number of likely N-dealkylation sites (tertiary alicyclic amines) is 1. The molecule has 0 spiro atoms. The Morgan fingerprint density at radius 2 is 2.08 bits per heavy atom. The van der Waals surface area contributed by atoms with Gasteiger partial charge in [-0.25, -0.2) is 11.4 Å². The lowest BCUT2D eigenvalue weighted by Crippen LogP contribution is -2.34. The van der Waals surface area contributed by atoms with Gasteiger partial charge >= 0.3 is 0 Å². The van der Waals surface area contributed by atoms with Gasteiger partial charge in [0, 0.05) is 19.0 Å². The van der Waals surface area contributed by atoms with E-state index in [1.807, 2.05) is 4.90 Å². The first-order valence-electron chi connectivity index (χ1n) is 4.05. The summed E-state index contributed by atoms with van der Waals surface area (Å²) in [4.78, 5) is 12.4. The van der Waals surface area contributed by atoms with Gasteiger partial charge in [-0.05, 0) is 12.8 Å². The van der Waals surface area contributed by atoms with Crippen molar-refractivity contribution in [1.82, 2.24) is 10.4 Å².